The summed E-state index contributed by atoms with van der Waals surface area (Å²) in [5, 5.41) is 10.9. The number of carboxylic acid groups (broad SMARTS) is 1. The van der Waals surface area contributed by atoms with E-state index in [1.54, 1.807) is 6.07 Å². The molecule has 156 valence electrons. The first-order chi connectivity index (χ1) is 15.2. The summed E-state index contributed by atoms with van der Waals surface area (Å²) in [5.74, 6) is -0.367. The Morgan fingerprint density at radius 2 is 1.55 bits per heavy atom. The Kier molecular flexibility index (Phi) is 5.33. The molecule has 0 spiro atoms. The van der Waals surface area contributed by atoms with Crippen molar-refractivity contribution in [3.8, 4) is 11.3 Å². The lowest BCUT2D eigenvalue weighted by molar-refractivity contribution is 0.0697. The van der Waals surface area contributed by atoms with Gasteiger partial charge in [0.15, 0.2) is 0 Å². The van der Waals surface area contributed by atoms with E-state index in [9.17, 15) is 9.90 Å². The summed E-state index contributed by atoms with van der Waals surface area (Å²) in [7, 11) is 0. The van der Waals surface area contributed by atoms with Crippen molar-refractivity contribution in [1.82, 2.24) is 4.57 Å². The highest BCUT2D eigenvalue weighted by Gasteiger charge is 2.27. The van der Waals surface area contributed by atoms with Crippen molar-refractivity contribution >= 4 is 16.9 Å². The van der Waals surface area contributed by atoms with Crippen molar-refractivity contribution in [3.05, 3.63) is 95.6 Å². The largest absolute Gasteiger partial charge is 0.478 e. The molecule has 0 bridgehead atoms. The molecule has 0 radical (unpaired) electrons. The zero-order valence-electron chi connectivity index (χ0n) is 17.6. The Bertz CT molecular complexity index is 1200. The van der Waals surface area contributed by atoms with E-state index in [1.807, 2.05) is 18.2 Å². The second-order valence-corrected chi connectivity index (χ2v) is 8.57. The average Bonchev–Trinajstić information content (AvgIpc) is 3.14. The van der Waals surface area contributed by atoms with Gasteiger partial charge < -0.3 is 9.67 Å². The van der Waals surface area contributed by atoms with Crippen molar-refractivity contribution in [2.24, 2.45) is 0 Å². The van der Waals surface area contributed by atoms with Crippen LogP contribution in [0.4, 0.5) is 0 Å². The zero-order chi connectivity index (χ0) is 21.2. The van der Waals surface area contributed by atoms with Crippen LogP contribution in [0.2, 0.25) is 0 Å². The number of hydrogen-bond donors (Lipinski definition) is 1. The molecule has 4 aromatic rings. The van der Waals surface area contributed by atoms with E-state index in [-0.39, 0.29) is 0 Å². The fourth-order valence-corrected chi connectivity index (χ4v) is 5.15. The highest BCUT2D eigenvalue weighted by atomic mass is 16.4. The topological polar surface area (TPSA) is 42.2 Å². The highest BCUT2D eigenvalue weighted by molar-refractivity contribution is 5.98. The van der Waals surface area contributed by atoms with Crippen molar-refractivity contribution < 1.29 is 9.90 Å². The molecule has 0 atom stereocenters. The predicted octanol–water partition coefficient (Wildman–Crippen LogP) is 7.10. The zero-order valence-corrected chi connectivity index (χ0v) is 17.6. The SMILES string of the molecule is O=C(O)c1ccc2c(C3CCCCC3)c(-c3ccccc3)n(Cc3ccccc3)c2c1. The maximum Gasteiger partial charge on any atom is 0.335 e. The van der Waals surface area contributed by atoms with Crippen LogP contribution in [0.1, 0.15) is 59.5 Å². The summed E-state index contributed by atoms with van der Waals surface area (Å²) >= 11 is 0. The molecule has 1 aromatic heterocycles. The van der Waals surface area contributed by atoms with Gasteiger partial charge in [0.2, 0.25) is 0 Å². The molecule has 1 aliphatic rings. The Morgan fingerprint density at radius 1 is 0.871 bits per heavy atom. The van der Waals surface area contributed by atoms with Gasteiger partial charge in [-0.3, -0.25) is 0 Å². The van der Waals surface area contributed by atoms with Crippen LogP contribution in [0.25, 0.3) is 22.2 Å². The van der Waals surface area contributed by atoms with Crippen LogP contribution in [0.5, 0.6) is 0 Å². The standard InChI is InChI=1S/C28H27NO2/c30-28(31)23-16-17-24-25(18-23)29(19-20-10-4-1-5-11-20)27(22-14-8-3-9-15-22)26(24)21-12-6-2-7-13-21/h1,3-5,8-11,14-18,21H,2,6-7,12-13,19H2,(H,30,31). The number of aromatic carboxylic acids is 1. The smallest absolute Gasteiger partial charge is 0.335 e. The monoisotopic (exact) mass is 409 g/mol. The summed E-state index contributed by atoms with van der Waals surface area (Å²) < 4.78 is 2.34. The van der Waals surface area contributed by atoms with Gasteiger partial charge in [-0.15, -0.1) is 0 Å². The number of nitrogens with zero attached hydrogens (tertiary/aromatic N) is 1. The molecule has 1 saturated carbocycles. The van der Waals surface area contributed by atoms with Crippen LogP contribution in [0.15, 0.2) is 78.9 Å². The molecule has 3 nitrogen and oxygen atoms in total. The van der Waals surface area contributed by atoms with Gasteiger partial charge in [-0.05, 0) is 47.6 Å². The van der Waals surface area contributed by atoms with Crippen molar-refractivity contribution in [2.45, 2.75) is 44.6 Å². The van der Waals surface area contributed by atoms with E-state index >= 15 is 0 Å². The molecule has 5 rings (SSSR count). The molecule has 31 heavy (non-hydrogen) atoms. The third-order valence-corrected chi connectivity index (χ3v) is 6.59. The summed E-state index contributed by atoms with van der Waals surface area (Å²) in [6.45, 7) is 0.720. The van der Waals surface area contributed by atoms with Crippen LogP contribution in [0, 0.1) is 0 Å². The Hall–Kier alpha value is -3.33. The molecule has 3 aromatic carbocycles. The lowest BCUT2D eigenvalue weighted by atomic mass is 9.82. The second kappa shape index (κ2) is 8.43. The van der Waals surface area contributed by atoms with Crippen molar-refractivity contribution in [2.75, 3.05) is 0 Å². The quantitative estimate of drug-likeness (QED) is 0.382. The minimum absolute atomic E-state index is 0.342. The molecule has 0 unspecified atom stereocenters. The number of fused-ring (bicyclic) bond motifs is 1. The van der Waals surface area contributed by atoms with E-state index in [1.165, 1.54) is 59.9 Å². The van der Waals surface area contributed by atoms with E-state index in [4.69, 9.17) is 0 Å². The van der Waals surface area contributed by atoms with Gasteiger partial charge in [-0.25, -0.2) is 4.79 Å². The third-order valence-electron chi connectivity index (χ3n) is 6.59. The summed E-state index contributed by atoms with van der Waals surface area (Å²) in [6, 6.07) is 26.7. The molecule has 0 amide bonds. The Balaban J connectivity index is 1.81. The molecule has 3 heteroatoms. The molecule has 0 aliphatic heterocycles. The number of benzene rings is 3. The van der Waals surface area contributed by atoms with Crippen molar-refractivity contribution in [3.63, 3.8) is 0 Å². The molecular formula is C28H27NO2. The average molecular weight is 410 g/mol. The normalized spacial score (nSPS) is 14.7. The maximum absolute atomic E-state index is 11.8. The molecule has 1 aliphatic carbocycles. The molecule has 1 heterocycles. The Morgan fingerprint density at radius 3 is 2.23 bits per heavy atom. The van der Waals surface area contributed by atoms with Gasteiger partial charge in [0, 0.05) is 17.4 Å². The minimum atomic E-state index is -0.880. The van der Waals surface area contributed by atoms with Gasteiger partial charge in [-0.1, -0.05) is 86.0 Å². The lowest BCUT2D eigenvalue weighted by Gasteiger charge is -2.24. The van der Waals surface area contributed by atoms with Crippen LogP contribution in [-0.2, 0) is 6.54 Å². The van der Waals surface area contributed by atoms with E-state index in [0.29, 0.717) is 11.5 Å². The fourth-order valence-electron chi connectivity index (χ4n) is 5.15. The van der Waals surface area contributed by atoms with E-state index < -0.39 is 5.97 Å². The first kappa shape index (κ1) is 19.6. The summed E-state index contributed by atoms with van der Waals surface area (Å²) in [6.07, 6.45) is 6.23. The number of hydrogen-bond acceptors (Lipinski definition) is 1. The van der Waals surface area contributed by atoms with E-state index in [0.717, 1.165) is 12.1 Å². The van der Waals surface area contributed by atoms with Crippen LogP contribution in [-0.4, -0.2) is 15.6 Å². The molecule has 1 fully saturated rings. The predicted molar refractivity (Wildman–Crippen MR) is 126 cm³/mol. The van der Waals surface area contributed by atoms with Gasteiger partial charge in [0.25, 0.3) is 0 Å². The Labute approximate surface area is 183 Å². The highest BCUT2D eigenvalue weighted by Crippen LogP contribution is 2.44. The van der Waals surface area contributed by atoms with Gasteiger partial charge in [0.05, 0.1) is 11.3 Å². The molecule has 1 N–H and O–H groups in total. The number of carbonyl (C=O) groups is 1. The van der Waals surface area contributed by atoms with Gasteiger partial charge >= 0.3 is 5.97 Å². The number of aromatic nitrogens is 1. The maximum atomic E-state index is 11.8. The fraction of sp³-hybridized carbons (Fsp3) is 0.250. The van der Waals surface area contributed by atoms with Crippen LogP contribution in [0.3, 0.4) is 0 Å². The van der Waals surface area contributed by atoms with Crippen LogP contribution < -0.4 is 0 Å². The number of carboxylic acids is 1. The lowest BCUT2D eigenvalue weighted by Crippen LogP contribution is -2.07. The second-order valence-electron chi connectivity index (χ2n) is 8.57. The first-order valence-corrected chi connectivity index (χ1v) is 11.2. The first-order valence-electron chi connectivity index (χ1n) is 11.2. The van der Waals surface area contributed by atoms with E-state index in [2.05, 4.69) is 59.2 Å². The van der Waals surface area contributed by atoms with Gasteiger partial charge in [0.1, 0.15) is 0 Å². The molecular weight excluding hydrogens is 382 g/mol. The van der Waals surface area contributed by atoms with Crippen molar-refractivity contribution in [1.29, 1.82) is 0 Å². The number of rotatable bonds is 5. The van der Waals surface area contributed by atoms with Gasteiger partial charge in [-0.2, -0.15) is 0 Å². The summed E-state index contributed by atoms with van der Waals surface area (Å²) in [4.78, 5) is 11.8. The van der Waals surface area contributed by atoms with Crippen LogP contribution >= 0.6 is 0 Å². The minimum Gasteiger partial charge on any atom is -0.478 e. The summed E-state index contributed by atoms with van der Waals surface area (Å²) in [5.41, 5.74) is 6.42. The third kappa shape index (κ3) is 3.76. The molecule has 0 saturated heterocycles.